The molecule has 0 unspecified atom stereocenters. The van der Waals surface area contributed by atoms with Crippen molar-refractivity contribution in [1.29, 1.82) is 0 Å². The van der Waals surface area contributed by atoms with E-state index in [1.54, 1.807) is 7.11 Å². The molecule has 3 aromatic rings. The molecule has 0 atom stereocenters. The maximum atomic E-state index is 12.9. The molecule has 1 spiro atoms. The third-order valence-electron chi connectivity index (χ3n) is 6.34. The summed E-state index contributed by atoms with van der Waals surface area (Å²) in [5.41, 5.74) is 8.17. The number of nitrogens with one attached hydrogen (secondary N) is 2. The largest absolute Gasteiger partial charge is 0.497 e. The molecule has 3 aliphatic rings. The van der Waals surface area contributed by atoms with Crippen LogP contribution < -0.4 is 10.1 Å². The van der Waals surface area contributed by atoms with E-state index in [-0.39, 0.29) is 11.4 Å². The average molecular weight is 387 g/mol. The molecule has 1 fully saturated rings. The molecule has 2 N–H and O–H groups in total. The zero-order valence-electron chi connectivity index (χ0n) is 16.2. The van der Waals surface area contributed by atoms with Gasteiger partial charge in [0.15, 0.2) is 0 Å². The topological polar surface area (TPSA) is 76.2 Å². The maximum absolute atomic E-state index is 12.9. The number of nitrogens with zero attached hydrogens (tertiary/aromatic N) is 1. The molecule has 4 heterocycles. The van der Waals surface area contributed by atoms with E-state index in [9.17, 15) is 4.79 Å². The quantitative estimate of drug-likeness (QED) is 0.709. The van der Waals surface area contributed by atoms with Gasteiger partial charge in [0.1, 0.15) is 5.75 Å². The number of benzene rings is 1. The Bertz CT molecular complexity index is 1140. The summed E-state index contributed by atoms with van der Waals surface area (Å²) in [6.07, 6.45) is 4.52. The Kier molecular flexibility index (Phi) is 3.44. The van der Waals surface area contributed by atoms with Gasteiger partial charge in [0.2, 0.25) is 0 Å². The van der Waals surface area contributed by atoms with Crippen LogP contribution in [0.2, 0.25) is 0 Å². The van der Waals surface area contributed by atoms with Gasteiger partial charge in [-0.3, -0.25) is 9.78 Å². The van der Waals surface area contributed by atoms with Crippen LogP contribution in [0.3, 0.4) is 0 Å². The normalized spacial score (nSPS) is 18.3. The summed E-state index contributed by atoms with van der Waals surface area (Å²) in [4.78, 5) is 21.2. The molecule has 6 heteroatoms. The Morgan fingerprint density at radius 1 is 1.17 bits per heavy atom. The molecule has 1 aromatic carbocycles. The van der Waals surface area contributed by atoms with Crippen LogP contribution in [0.15, 0.2) is 36.5 Å². The molecule has 29 heavy (non-hydrogen) atoms. The first kappa shape index (κ1) is 16.8. The van der Waals surface area contributed by atoms with Gasteiger partial charge in [-0.1, -0.05) is 0 Å². The van der Waals surface area contributed by atoms with Crippen LogP contribution in [0.5, 0.6) is 5.75 Å². The predicted octanol–water partition coefficient (Wildman–Crippen LogP) is 2.91. The molecule has 0 bridgehead atoms. The highest BCUT2D eigenvalue weighted by Gasteiger charge is 2.46. The maximum Gasteiger partial charge on any atom is 0.254 e. The van der Waals surface area contributed by atoms with E-state index in [1.807, 2.05) is 30.5 Å². The van der Waals surface area contributed by atoms with Crippen LogP contribution in [0.4, 0.5) is 0 Å². The molecule has 146 valence electrons. The van der Waals surface area contributed by atoms with Gasteiger partial charge in [-0.15, -0.1) is 0 Å². The number of fused-ring (bicyclic) bond motifs is 5. The monoisotopic (exact) mass is 387 g/mol. The number of methoxy groups -OCH3 is 1. The zero-order valence-corrected chi connectivity index (χ0v) is 16.2. The summed E-state index contributed by atoms with van der Waals surface area (Å²) in [6.45, 7) is 1.17. The molecule has 6 rings (SSSR count). The van der Waals surface area contributed by atoms with Crippen molar-refractivity contribution in [1.82, 2.24) is 15.3 Å². The molecule has 0 saturated carbocycles. The second-order valence-electron chi connectivity index (χ2n) is 8.19. The fraction of sp³-hybridized carbons (Fsp3) is 0.304. The molecule has 2 aromatic heterocycles. The molecule has 1 saturated heterocycles. The van der Waals surface area contributed by atoms with Crippen molar-refractivity contribution in [2.24, 2.45) is 0 Å². The number of rotatable bonds is 2. The van der Waals surface area contributed by atoms with Gasteiger partial charge in [0, 0.05) is 29.4 Å². The first-order valence-electron chi connectivity index (χ1n) is 9.93. The van der Waals surface area contributed by atoms with E-state index in [0.717, 1.165) is 64.3 Å². The lowest BCUT2D eigenvalue weighted by Crippen LogP contribution is -2.65. The highest BCUT2D eigenvalue weighted by atomic mass is 16.5. The lowest BCUT2D eigenvalue weighted by Gasteiger charge is -2.44. The predicted molar refractivity (Wildman–Crippen MR) is 108 cm³/mol. The second-order valence-corrected chi connectivity index (χ2v) is 8.19. The Hall–Kier alpha value is -3.12. The van der Waals surface area contributed by atoms with Gasteiger partial charge >= 0.3 is 0 Å². The minimum Gasteiger partial charge on any atom is -0.497 e. The SMILES string of the molecule is COc1ccc(-c2cc3c(cn2)CCc2c-3[nH]c3c2C(=O)NC2(COC2)C3)cc1. The van der Waals surface area contributed by atoms with Crippen LogP contribution in [0.1, 0.15) is 27.2 Å². The number of carbonyl (C=O) groups excluding carboxylic acids is 1. The van der Waals surface area contributed by atoms with Crippen LogP contribution >= 0.6 is 0 Å². The number of aromatic amines is 1. The van der Waals surface area contributed by atoms with Crippen LogP contribution in [-0.2, 0) is 24.0 Å². The molecule has 2 aliphatic heterocycles. The van der Waals surface area contributed by atoms with Gasteiger partial charge in [0.25, 0.3) is 5.91 Å². The summed E-state index contributed by atoms with van der Waals surface area (Å²) in [5.74, 6) is 0.853. The molecule has 1 amide bonds. The Balaban J connectivity index is 1.44. The van der Waals surface area contributed by atoms with Crippen molar-refractivity contribution in [3.05, 3.63) is 58.9 Å². The number of aromatic nitrogens is 2. The third kappa shape index (κ3) is 2.45. The van der Waals surface area contributed by atoms with Crippen molar-refractivity contribution in [3.8, 4) is 28.3 Å². The van der Waals surface area contributed by atoms with Gasteiger partial charge in [-0.2, -0.15) is 0 Å². The van der Waals surface area contributed by atoms with Crippen molar-refractivity contribution < 1.29 is 14.3 Å². The van der Waals surface area contributed by atoms with Crippen LogP contribution in [0.25, 0.3) is 22.5 Å². The summed E-state index contributed by atoms with van der Waals surface area (Å²) in [7, 11) is 1.66. The number of amides is 1. The number of hydrogen-bond acceptors (Lipinski definition) is 4. The molecule has 1 aliphatic carbocycles. The van der Waals surface area contributed by atoms with Gasteiger partial charge < -0.3 is 19.8 Å². The summed E-state index contributed by atoms with van der Waals surface area (Å²) in [5, 5.41) is 3.19. The third-order valence-corrected chi connectivity index (χ3v) is 6.34. The molecular formula is C23H21N3O3. The Morgan fingerprint density at radius 2 is 2.00 bits per heavy atom. The zero-order chi connectivity index (χ0) is 19.6. The summed E-state index contributed by atoms with van der Waals surface area (Å²) in [6, 6.07) is 10.1. The summed E-state index contributed by atoms with van der Waals surface area (Å²) >= 11 is 0. The van der Waals surface area contributed by atoms with Crippen molar-refractivity contribution in [2.75, 3.05) is 20.3 Å². The van der Waals surface area contributed by atoms with Crippen LogP contribution in [0, 0.1) is 0 Å². The van der Waals surface area contributed by atoms with E-state index in [0.29, 0.717) is 13.2 Å². The lowest BCUT2D eigenvalue weighted by molar-refractivity contribution is -0.0713. The number of pyridine rings is 1. The van der Waals surface area contributed by atoms with E-state index in [2.05, 4.69) is 21.4 Å². The smallest absolute Gasteiger partial charge is 0.254 e. The average Bonchev–Trinajstić information content (AvgIpc) is 3.11. The number of hydrogen-bond donors (Lipinski definition) is 2. The number of ether oxygens (including phenoxy) is 2. The van der Waals surface area contributed by atoms with Gasteiger partial charge in [-0.25, -0.2) is 0 Å². The minimum atomic E-state index is -0.229. The molecule has 0 radical (unpaired) electrons. The van der Waals surface area contributed by atoms with E-state index >= 15 is 0 Å². The highest BCUT2D eigenvalue weighted by molar-refractivity contribution is 6.01. The molecule has 6 nitrogen and oxygen atoms in total. The van der Waals surface area contributed by atoms with Crippen molar-refractivity contribution >= 4 is 5.91 Å². The fourth-order valence-corrected chi connectivity index (χ4v) is 4.79. The van der Waals surface area contributed by atoms with E-state index in [1.165, 1.54) is 5.56 Å². The van der Waals surface area contributed by atoms with Gasteiger partial charge in [-0.05, 0) is 54.3 Å². The summed E-state index contributed by atoms with van der Waals surface area (Å²) < 4.78 is 10.6. The number of H-pyrrole nitrogens is 1. The van der Waals surface area contributed by atoms with Crippen LogP contribution in [-0.4, -0.2) is 41.7 Å². The van der Waals surface area contributed by atoms with Gasteiger partial charge in [0.05, 0.1) is 42.8 Å². The number of carbonyl (C=O) groups is 1. The standard InChI is InChI=1S/C23H21N3O3/c1-28-15-5-2-13(3-6-15)18-8-17-14(10-24-18)4-7-16-20-19(25-21(16)17)9-23(11-29-12-23)26-22(20)27/h2-3,5-6,8,10,25H,4,7,9,11-12H2,1H3,(H,26,27). The first-order valence-corrected chi connectivity index (χ1v) is 9.93. The van der Waals surface area contributed by atoms with Crippen molar-refractivity contribution in [3.63, 3.8) is 0 Å². The Morgan fingerprint density at radius 3 is 2.72 bits per heavy atom. The number of aryl methyl sites for hydroxylation is 1. The second kappa shape index (κ2) is 5.94. The fourth-order valence-electron chi connectivity index (χ4n) is 4.79. The van der Waals surface area contributed by atoms with Crippen molar-refractivity contribution in [2.45, 2.75) is 24.8 Å². The lowest BCUT2D eigenvalue weighted by atomic mass is 9.83. The van der Waals surface area contributed by atoms with E-state index in [4.69, 9.17) is 9.47 Å². The highest BCUT2D eigenvalue weighted by Crippen LogP contribution is 2.40. The van der Waals surface area contributed by atoms with E-state index < -0.39 is 0 Å². The Labute approximate surface area is 168 Å². The first-order chi connectivity index (χ1) is 14.2. The molecular weight excluding hydrogens is 366 g/mol. The minimum absolute atomic E-state index is 0.0277.